The number of carbonyl (C=O) groups is 1. The lowest BCUT2D eigenvalue weighted by Crippen LogP contribution is -2.47. The van der Waals surface area contributed by atoms with Crippen molar-refractivity contribution in [3.63, 3.8) is 0 Å². The Hall–Kier alpha value is -2.98. The molecule has 2 atom stereocenters. The van der Waals surface area contributed by atoms with Gasteiger partial charge in [0, 0.05) is 37.5 Å². The molecule has 0 saturated carbocycles. The number of hydrogen-bond donors (Lipinski definition) is 2. The van der Waals surface area contributed by atoms with Crippen LogP contribution in [-0.4, -0.2) is 81.2 Å². The predicted octanol–water partition coefficient (Wildman–Crippen LogP) is 3.04. The van der Waals surface area contributed by atoms with E-state index in [1.54, 1.807) is 12.1 Å². The standard InChI is InChI=1S/C29H34N2O6S/c1-38(34,35)27-8-4-7-26(16-27)36-20-25(32)18-30-24-17-29(37-19-24)11-13-31(14-12-29)28(33)23-10-9-21-5-2-3-6-22(21)15-23/h2-10,15-16,24-25,30,32H,11-14,17-20H2,1H3/t24?,25-/m0/s1. The summed E-state index contributed by atoms with van der Waals surface area (Å²) in [7, 11) is -3.32. The van der Waals surface area contributed by atoms with E-state index in [4.69, 9.17) is 9.47 Å². The quantitative estimate of drug-likeness (QED) is 0.454. The lowest BCUT2D eigenvalue weighted by Gasteiger charge is -2.38. The van der Waals surface area contributed by atoms with E-state index in [0.717, 1.165) is 36.3 Å². The zero-order valence-corrected chi connectivity index (χ0v) is 22.3. The van der Waals surface area contributed by atoms with Gasteiger partial charge in [-0.15, -0.1) is 0 Å². The largest absolute Gasteiger partial charge is 0.491 e. The first kappa shape index (κ1) is 26.6. The summed E-state index contributed by atoms with van der Waals surface area (Å²) in [6.07, 6.45) is 2.79. The number of carbonyl (C=O) groups excluding carboxylic acids is 1. The molecule has 0 bridgehead atoms. The average Bonchev–Trinajstić information content (AvgIpc) is 3.32. The van der Waals surface area contributed by atoms with Crippen LogP contribution in [0.2, 0.25) is 0 Å². The molecular formula is C29H34N2O6S. The SMILES string of the molecule is CS(=O)(=O)c1cccc(OC[C@@H](O)CNC2COC3(CCN(C(=O)c4ccc5ccccc5c4)CC3)C2)c1. The first-order valence-corrected chi connectivity index (χ1v) is 14.9. The summed E-state index contributed by atoms with van der Waals surface area (Å²) in [4.78, 5) is 15.2. The fraction of sp³-hybridized carbons (Fsp3) is 0.414. The minimum atomic E-state index is -3.32. The molecule has 0 radical (unpaired) electrons. The minimum Gasteiger partial charge on any atom is -0.491 e. The molecule has 9 heteroatoms. The molecule has 202 valence electrons. The van der Waals surface area contributed by atoms with Crippen LogP contribution < -0.4 is 10.1 Å². The number of sulfone groups is 1. The Kier molecular flexibility index (Phi) is 7.72. The van der Waals surface area contributed by atoms with Gasteiger partial charge in [0.2, 0.25) is 0 Å². The summed E-state index contributed by atoms with van der Waals surface area (Å²) in [5.41, 5.74) is 0.469. The molecule has 2 N–H and O–H groups in total. The van der Waals surface area contributed by atoms with Crippen molar-refractivity contribution in [1.29, 1.82) is 0 Å². The Morgan fingerprint density at radius 2 is 1.87 bits per heavy atom. The van der Waals surface area contributed by atoms with Gasteiger partial charge in [0.1, 0.15) is 18.5 Å². The maximum atomic E-state index is 13.1. The van der Waals surface area contributed by atoms with Gasteiger partial charge in [0.25, 0.3) is 5.91 Å². The van der Waals surface area contributed by atoms with E-state index in [0.29, 0.717) is 37.6 Å². The molecule has 2 saturated heterocycles. The van der Waals surface area contributed by atoms with Crippen molar-refractivity contribution in [1.82, 2.24) is 10.2 Å². The number of ether oxygens (including phenoxy) is 2. The van der Waals surface area contributed by atoms with Crippen LogP contribution in [0.5, 0.6) is 5.75 Å². The van der Waals surface area contributed by atoms with E-state index in [9.17, 15) is 18.3 Å². The van der Waals surface area contributed by atoms with Gasteiger partial charge in [0.05, 0.1) is 17.1 Å². The van der Waals surface area contributed by atoms with Crippen molar-refractivity contribution in [2.75, 3.05) is 39.1 Å². The number of nitrogens with one attached hydrogen (secondary N) is 1. The van der Waals surface area contributed by atoms with Crippen LogP contribution >= 0.6 is 0 Å². The lowest BCUT2D eigenvalue weighted by atomic mass is 9.87. The second kappa shape index (κ2) is 11.0. The summed E-state index contributed by atoms with van der Waals surface area (Å²) >= 11 is 0. The van der Waals surface area contributed by atoms with E-state index in [1.807, 2.05) is 47.4 Å². The molecular weight excluding hydrogens is 504 g/mol. The molecule has 0 aromatic heterocycles. The van der Waals surface area contributed by atoms with Crippen LogP contribution in [0.4, 0.5) is 0 Å². The molecule has 1 spiro atoms. The number of fused-ring (bicyclic) bond motifs is 1. The highest BCUT2D eigenvalue weighted by Crippen LogP contribution is 2.36. The molecule has 1 amide bonds. The number of piperidine rings is 1. The predicted molar refractivity (Wildman–Crippen MR) is 145 cm³/mol. The van der Waals surface area contributed by atoms with Crippen LogP contribution in [0.25, 0.3) is 10.8 Å². The third-order valence-electron chi connectivity index (χ3n) is 7.49. The van der Waals surface area contributed by atoms with Gasteiger partial charge in [-0.2, -0.15) is 0 Å². The molecule has 1 unspecified atom stereocenters. The molecule has 2 aliphatic rings. The Balaban J connectivity index is 1.07. The third kappa shape index (κ3) is 6.18. The van der Waals surface area contributed by atoms with E-state index < -0.39 is 15.9 Å². The maximum absolute atomic E-state index is 13.1. The summed E-state index contributed by atoms with van der Waals surface area (Å²) in [6.45, 7) is 2.25. The number of rotatable bonds is 8. The van der Waals surface area contributed by atoms with Crippen molar-refractivity contribution in [3.05, 3.63) is 72.3 Å². The Bertz CT molecular complexity index is 1400. The average molecular weight is 539 g/mol. The number of amides is 1. The van der Waals surface area contributed by atoms with E-state index in [-0.39, 0.29) is 29.1 Å². The monoisotopic (exact) mass is 538 g/mol. The van der Waals surface area contributed by atoms with E-state index >= 15 is 0 Å². The number of aliphatic hydroxyl groups excluding tert-OH is 1. The van der Waals surface area contributed by atoms with Crippen molar-refractivity contribution in [3.8, 4) is 5.75 Å². The maximum Gasteiger partial charge on any atom is 0.253 e. The van der Waals surface area contributed by atoms with Crippen LogP contribution in [0.3, 0.4) is 0 Å². The smallest absolute Gasteiger partial charge is 0.253 e. The number of hydrogen-bond acceptors (Lipinski definition) is 7. The van der Waals surface area contributed by atoms with Crippen molar-refractivity contribution >= 4 is 26.5 Å². The normalized spacial score (nSPS) is 20.1. The molecule has 3 aromatic carbocycles. The highest BCUT2D eigenvalue weighted by Gasteiger charge is 2.43. The first-order valence-electron chi connectivity index (χ1n) is 13.0. The van der Waals surface area contributed by atoms with Crippen molar-refractivity contribution in [2.24, 2.45) is 0 Å². The fourth-order valence-electron chi connectivity index (χ4n) is 5.29. The number of aliphatic hydroxyl groups is 1. The zero-order valence-electron chi connectivity index (χ0n) is 21.5. The second-order valence-electron chi connectivity index (χ2n) is 10.4. The molecule has 0 aliphatic carbocycles. The van der Waals surface area contributed by atoms with Gasteiger partial charge >= 0.3 is 0 Å². The number of benzene rings is 3. The van der Waals surface area contributed by atoms with E-state index in [1.165, 1.54) is 12.1 Å². The highest BCUT2D eigenvalue weighted by molar-refractivity contribution is 7.90. The summed E-state index contributed by atoms with van der Waals surface area (Å²) in [5.74, 6) is 0.462. The Morgan fingerprint density at radius 1 is 1.11 bits per heavy atom. The van der Waals surface area contributed by atoms with Crippen LogP contribution in [0, 0.1) is 0 Å². The first-order chi connectivity index (χ1) is 18.2. The van der Waals surface area contributed by atoms with Gasteiger partial charge in [-0.05, 0) is 60.4 Å². The molecule has 5 rings (SSSR count). The topological polar surface area (TPSA) is 105 Å². The van der Waals surface area contributed by atoms with Crippen LogP contribution in [0.1, 0.15) is 29.6 Å². The Morgan fingerprint density at radius 3 is 2.63 bits per heavy atom. The molecule has 38 heavy (non-hydrogen) atoms. The van der Waals surface area contributed by atoms with Gasteiger partial charge in [0.15, 0.2) is 9.84 Å². The second-order valence-corrected chi connectivity index (χ2v) is 12.4. The number of nitrogens with zero attached hydrogens (tertiary/aromatic N) is 1. The van der Waals surface area contributed by atoms with Crippen LogP contribution in [0.15, 0.2) is 71.6 Å². The highest BCUT2D eigenvalue weighted by atomic mass is 32.2. The summed E-state index contributed by atoms with van der Waals surface area (Å²) in [5, 5.41) is 15.9. The summed E-state index contributed by atoms with van der Waals surface area (Å²) in [6, 6.07) is 20.3. The van der Waals surface area contributed by atoms with Gasteiger partial charge in [-0.3, -0.25) is 4.79 Å². The van der Waals surface area contributed by atoms with Gasteiger partial charge < -0.3 is 24.8 Å². The molecule has 3 aromatic rings. The van der Waals surface area contributed by atoms with Crippen molar-refractivity contribution in [2.45, 2.75) is 41.9 Å². The van der Waals surface area contributed by atoms with Crippen LogP contribution in [-0.2, 0) is 14.6 Å². The third-order valence-corrected chi connectivity index (χ3v) is 8.60. The molecule has 2 heterocycles. The minimum absolute atomic E-state index is 0.0464. The van der Waals surface area contributed by atoms with Crippen molar-refractivity contribution < 1.29 is 27.8 Å². The summed E-state index contributed by atoms with van der Waals surface area (Å²) < 4.78 is 35.2. The van der Waals surface area contributed by atoms with Gasteiger partial charge in [-0.1, -0.05) is 36.4 Å². The Labute approximate surface area is 223 Å². The van der Waals surface area contributed by atoms with E-state index in [2.05, 4.69) is 5.32 Å². The zero-order chi connectivity index (χ0) is 26.8. The fourth-order valence-corrected chi connectivity index (χ4v) is 5.95. The molecule has 8 nitrogen and oxygen atoms in total. The molecule has 2 fully saturated rings. The van der Waals surface area contributed by atoms with Gasteiger partial charge in [-0.25, -0.2) is 8.42 Å². The number of likely N-dealkylation sites (tertiary alicyclic amines) is 1. The lowest BCUT2D eigenvalue weighted by molar-refractivity contribution is -0.0389. The molecule has 2 aliphatic heterocycles.